The van der Waals surface area contributed by atoms with Crippen molar-refractivity contribution in [3.63, 3.8) is 0 Å². The fourth-order valence-corrected chi connectivity index (χ4v) is 2.46. The minimum Gasteiger partial charge on any atom is -0.317 e. The van der Waals surface area contributed by atoms with E-state index in [2.05, 4.69) is 35.9 Å². The van der Waals surface area contributed by atoms with Gasteiger partial charge in [-0.25, -0.2) is 0 Å². The summed E-state index contributed by atoms with van der Waals surface area (Å²) in [6.45, 7) is 9.55. The first-order valence-electron chi connectivity index (χ1n) is 7.19. The standard InChI is InChI=1S/C14H26ClN3/c1-4-10-16-11-8-7-9-13-14(15)12(5-2)17-18(13)6-3/h16H,4-11H2,1-3H3. The van der Waals surface area contributed by atoms with Crippen LogP contribution in [-0.4, -0.2) is 22.9 Å². The summed E-state index contributed by atoms with van der Waals surface area (Å²) in [6, 6.07) is 0. The second-order valence-electron chi connectivity index (χ2n) is 4.58. The summed E-state index contributed by atoms with van der Waals surface area (Å²) in [5.41, 5.74) is 2.25. The molecule has 0 spiro atoms. The smallest absolute Gasteiger partial charge is 0.0849 e. The summed E-state index contributed by atoms with van der Waals surface area (Å²) in [5.74, 6) is 0. The average Bonchev–Trinajstić information content (AvgIpc) is 2.70. The van der Waals surface area contributed by atoms with Gasteiger partial charge in [0, 0.05) is 6.54 Å². The predicted molar refractivity (Wildman–Crippen MR) is 78.4 cm³/mol. The molecule has 0 radical (unpaired) electrons. The number of aromatic nitrogens is 2. The monoisotopic (exact) mass is 271 g/mol. The largest absolute Gasteiger partial charge is 0.317 e. The summed E-state index contributed by atoms with van der Waals surface area (Å²) >= 11 is 6.37. The number of nitrogens with zero attached hydrogens (tertiary/aromatic N) is 2. The summed E-state index contributed by atoms with van der Waals surface area (Å²) < 4.78 is 2.06. The molecule has 0 aliphatic carbocycles. The molecule has 1 heterocycles. The lowest BCUT2D eigenvalue weighted by Gasteiger charge is -2.06. The molecule has 0 unspecified atom stereocenters. The molecule has 0 aromatic carbocycles. The van der Waals surface area contributed by atoms with Crippen LogP contribution in [0.15, 0.2) is 0 Å². The lowest BCUT2D eigenvalue weighted by atomic mass is 10.1. The van der Waals surface area contributed by atoms with Gasteiger partial charge in [0.2, 0.25) is 0 Å². The van der Waals surface area contributed by atoms with Gasteiger partial charge in [0.25, 0.3) is 0 Å². The molecule has 3 nitrogen and oxygen atoms in total. The van der Waals surface area contributed by atoms with E-state index in [-0.39, 0.29) is 0 Å². The van der Waals surface area contributed by atoms with Gasteiger partial charge in [-0.05, 0) is 52.1 Å². The van der Waals surface area contributed by atoms with E-state index in [1.54, 1.807) is 0 Å². The Morgan fingerprint density at radius 1 is 1.17 bits per heavy atom. The lowest BCUT2D eigenvalue weighted by Crippen LogP contribution is -2.16. The topological polar surface area (TPSA) is 29.9 Å². The average molecular weight is 272 g/mol. The molecular weight excluding hydrogens is 246 g/mol. The third kappa shape index (κ3) is 4.29. The van der Waals surface area contributed by atoms with Crippen LogP contribution in [0.3, 0.4) is 0 Å². The lowest BCUT2D eigenvalue weighted by molar-refractivity contribution is 0.578. The van der Waals surface area contributed by atoms with Crippen LogP contribution in [0, 0.1) is 0 Å². The first-order chi connectivity index (χ1) is 8.74. The van der Waals surface area contributed by atoms with Gasteiger partial charge < -0.3 is 5.32 Å². The Morgan fingerprint density at radius 2 is 1.94 bits per heavy atom. The second-order valence-corrected chi connectivity index (χ2v) is 4.96. The molecule has 104 valence electrons. The van der Waals surface area contributed by atoms with Crippen LogP contribution in [0.2, 0.25) is 5.02 Å². The zero-order valence-corrected chi connectivity index (χ0v) is 12.7. The number of hydrogen-bond acceptors (Lipinski definition) is 2. The zero-order valence-electron chi connectivity index (χ0n) is 11.9. The maximum atomic E-state index is 6.37. The van der Waals surface area contributed by atoms with Crippen LogP contribution >= 0.6 is 11.6 Å². The van der Waals surface area contributed by atoms with E-state index >= 15 is 0 Å². The van der Waals surface area contributed by atoms with Crippen LogP contribution in [-0.2, 0) is 19.4 Å². The Bertz CT molecular complexity index is 347. The Labute approximate surface area is 116 Å². The van der Waals surface area contributed by atoms with Gasteiger partial charge in [0.05, 0.1) is 16.4 Å². The third-order valence-electron chi connectivity index (χ3n) is 3.14. The first kappa shape index (κ1) is 15.5. The number of hydrogen-bond donors (Lipinski definition) is 1. The molecule has 0 amide bonds. The van der Waals surface area contributed by atoms with Crippen molar-refractivity contribution >= 4 is 11.6 Å². The van der Waals surface area contributed by atoms with Gasteiger partial charge in [-0.15, -0.1) is 0 Å². The Balaban J connectivity index is 2.43. The highest BCUT2D eigenvalue weighted by Gasteiger charge is 2.13. The van der Waals surface area contributed by atoms with E-state index in [0.717, 1.165) is 43.2 Å². The van der Waals surface area contributed by atoms with Gasteiger partial charge in [-0.3, -0.25) is 4.68 Å². The highest BCUT2D eigenvalue weighted by molar-refractivity contribution is 6.31. The summed E-state index contributed by atoms with van der Waals surface area (Å²) in [5, 5.41) is 8.86. The molecule has 0 fully saturated rings. The van der Waals surface area contributed by atoms with Gasteiger partial charge >= 0.3 is 0 Å². The van der Waals surface area contributed by atoms with E-state index < -0.39 is 0 Å². The normalized spacial score (nSPS) is 11.1. The van der Waals surface area contributed by atoms with Crippen LogP contribution in [0.5, 0.6) is 0 Å². The Hall–Kier alpha value is -0.540. The zero-order chi connectivity index (χ0) is 13.4. The van der Waals surface area contributed by atoms with Crippen LogP contribution in [0.1, 0.15) is 51.4 Å². The molecule has 0 aliphatic heterocycles. The number of nitrogens with one attached hydrogen (secondary N) is 1. The van der Waals surface area contributed by atoms with Gasteiger partial charge in [-0.1, -0.05) is 25.4 Å². The number of rotatable bonds is 9. The summed E-state index contributed by atoms with van der Waals surface area (Å²) in [4.78, 5) is 0. The highest BCUT2D eigenvalue weighted by Crippen LogP contribution is 2.23. The third-order valence-corrected chi connectivity index (χ3v) is 3.57. The molecule has 4 heteroatoms. The molecular formula is C14H26ClN3. The molecule has 1 N–H and O–H groups in total. The van der Waals surface area contributed by atoms with Gasteiger partial charge in [0.15, 0.2) is 0 Å². The van der Waals surface area contributed by atoms with Crippen molar-refractivity contribution in [2.24, 2.45) is 0 Å². The van der Waals surface area contributed by atoms with E-state index in [1.807, 2.05) is 0 Å². The number of aryl methyl sites for hydroxylation is 2. The molecule has 0 saturated carbocycles. The van der Waals surface area contributed by atoms with E-state index in [9.17, 15) is 0 Å². The molecule has 18 heavy (non-hydrogen) atoms. The molecule has 1 aromatic heterocycles. The summed E-state index contributed by atoms with van der Waals surface area (Å²) in [7, 11) is 0. The fraction of sp³-hybridized carbons (Fsp3) is 0.786. The van der Waals surface area contributed by atoms with Crippen molar-refractivity contribution in [3.05, 3.63) is 16.4 Å². The molecule has 0 bridgehead atoms. The van der Waals surface area contributed by atoms with Crippen molar-refractivity contribution < 1.29 is 0 Å². The number of unbranched alkanes of at least 4 members (excludes halogenated alkanes) is 1. The van der Waals surface area contributed by atoms with Crippen LogP contribution in [0.25, 0.3) is 0 Å². The van der Waals surface area contributed by atoms with E-state index in [4.69, 9.17) is 11.6 Å². The van der Waals surface area contributed by atoms with Crippen molar-refractivity contribution in [2.75, 3.05) is 13.1 Å². The SMILES string of the molecule is CCCNCCCCc1c(Cl)c(CC)nn1CC. The molecule has 0 saturated heterocycles. The maximum Gasteiger partial charge on any atom is 0.0849 e. The summed E-state index contributed by atoms with van der Waals surface area (Å²) in [6.07, 6.45) is 5.52. The minimum atomic E-state index is 0.890. The van der Waals surface area contributed by atoms with Crippen molar-refractivity contribution in [1.29, 1.82) is 0 Å². The van der Waals surface area contributed by atoms with Crippen molar-refractivity contribution in [1.82, 2.24) is 15.1 Å². The van der Waals surface area contributed by atoms with Crippen molar-refractivity contribution in [2.45, 2.75) is 59.4 Å². The second kappa shape index (κ2) is 8.54. The van der Waals surface area contributed by atoms with E-state index in [1.165, 1.54) is 25.0 Å². The van der Waals surface area contributed by atoms with Gasteiger partial charge in [0.1, 0.15) is 0 Å². The molecule has 1 aromatic rings. The molecule has 1 rings (SSSR count). The fourth-order valence-electron chi connectivity index (χ4n) is 2.10. The molecule has 0 aliphatic rings. The molecule has 0 atom stereocenters. The van der Waals surface area contributed by atoms with E-state index in [0.29, 0.717) is 0 Å². The maximum absolute atomic E-state index is 6.37. The first-order valence-corrected chi connectivity index (χ1v) is 7.57. The minimum absolute atomic E-state index is 0.890. The predicted octanol–water partition coefficient (Wildman–Crippen LogP) is 3.44. The van der Waals surface area contributed by atoms with Gasteiger partial charge in [-0.2, -0.15) is 5.10 Å². The Morgan fingerprint density at radius 3 is 2.56 bits per heavy atom. The highest BCUT2D eigenvalue weighted by atomic mass is 35.5. The van der Waals surface area contributed by atoms with Crippen LogP contribution < -0.4 is 5.32 Å². The van der Waals surface area contributed by atoms with Crippen molar-refractivity contribution in [3.8, 4) is 0 Å². The Kier molecular flexibility index (Phi) is 7.36. The quantitative estimate of drug-likeness (QED) is 0.698. The van der Waals surface area contributed by atoms with Crippen LogP contribution in [0.4, 0.5) is 0 Å². The number of halogens is 1.